The number of carboxylic acids is 5. The molecule has 6 atom stereocenters. The summed E-state index contributed by atoms with van der Waals surface area (Å²) >= 11 is 0. The molecule has 10 aromatic rings. The largest absolute Gasteiger partial charge is 0.477 e. The van der Waals surface area contributed by atoms with Crippen LogP contribution in [0.15, 0.2) is 176 Å². The van der Waals surface area contributed by atoms with E-state index in [2.05, 4.69) is 143 Å². The normalized spacial score (nSPS) is 17.4. The molecule has 31 nitrogen and oxygen atoms in total. The van der Waals surface area contributed by atoms with Crippen molar-refractivity contribution in [1.82, 2.24) is 39.6 Å². The van der Waals surface area contributed by atoms with Gasteiger partial charge in [-0.2, -0.15) is 0 Å². The van der Waals surface area contributed by atoms with Crippen molar-refractivity contribution in [3.63, 3.8) is 0 Å². The number of nitrogens with zero attached hydrogens (tertiary/aromatic N) is 8. The fourth-order valence-electron chi connectivity index (χ4n) is 18.3. The van der Waals surface area contributed by atoms with Gasteiger partial charge in [0.15, 0.2) is 0 Å². The van der Waals surface area contributed by atoms with Crippen LogP contribution in [0.5, 0.6) is 0 Å². The van der Waals surface area contributed by atoms with Gasteiger partial charge in [0.1, 0.15) is 27.8 Å². The van der Waals surface area contributed by atoms with Crippen LogP contribution in [-0.4, -0.2) is 260 Å². The highest BCUT2D eigenvalue weighted by Gasteiger charge is 2.35. The van der Waals surface area contributed by atoms with E-state index in [0.717, 1.165) is 158 Å². The van der Waals surface area contributed by atoms with Crippen LogP contribution in [0, 0.1) is 0 Å². The number of benzene rings is 5. The highest BCUT2D eigenvalue weighted by atomic mass is 16.5. The van der Waals surface area contributed by atoms with Crippen LogP contribution in [0.3, 0.4) is 0 Å². The molecule has 31 heteroatoms. The number of nitrogens with one attached hydrogen (secondary N) is 5. The lowest BCUT2D eigenvalue weighted by Gasteiger charge is -2.32. The van der Waals surface area contributed by atoms with E-state index in [9.17, 15) is 53.1 Å². The summed E-state index contributed by atoms with van der Waals surface area (Å²) in [5.41, 5.74) is 13.7. The minimum Gasteiger partial charge on any atom is -0.477 e. The molecule has 5 aliphatic rings. The Bertz CT molecular complexity index is 5650. The summed E-state index contributed by atoms with van der Waals surface area (Å²) in [5.74, 6) is -6.03. The molecule has 5 fully saturated rings. The number of hydrogen-bond acceptors (Lipinski definition) is 21. The average molecular weight is 1820 g/mol. The number of aromatic nitrogens is 5. The lowest BCUT2D eigenvalue weighted by molar-refractivity contribution is 0.0684. The number of carbonyl (C=O) groups is 5. The molecular formula is C102H127N13O18. The molecule has 5 aromatic carbocycles. The summed E-state index contributed by atoms with van der Waals surface area (Å²) in [4.78, 5) is 149. The van der Waals surface area contributed by atoms with Gasteiger partial charge in [-0.25, -0.2) is 24.0 Å². The number of likely N-dealkylation sites (N-methyl/N-ethyl adjacent to an activating group) is 3. The Labute approximate surface area is 774 Å². The molecule has 15 rings (SSSR count). The molecule has 0 saturated carbocycles. The lowest BCUT2D eigenvalue weighted by Crippen LogP contribution is -2.40. The van der Waals surface area contributed by atoms with Crippen molar-refractivity contribution in [3.8, 4) is 56.3 Å². The van der Waals surface area contributed by atoms with Gasteiger partial charge in [0.25, 0.3) is 27.8 Å². The number of ether oxygens (including phenoxy) is 3. The van der Waals surface area contributed by atoms with E-state index in [0.29, 0.717) is 117 Å². The molecular weight excluding hydrogens is 1700 g/mol. The van der Waals surface area contributed by atoms with Crippen LogP contribution in [0.25, 0.3) is 56.3 Å². The molecule has 5 aromatic heterocycles. The topological polar surface area (TPSA) is 404 Å². The van der Waals surface area contributed by atoms with Crippen molar-refractivity contribution < 1.29 is 63.7 Å². The second-order valence-corrected chi connectivity index (χ2v) is 34.8. The van der Waals surface area contributed by atoms with E-state index >= 15 is 0 Å². The third-order valence-corrected chi connectivity index (χ3v) is 25.9. The van der Waals surface area contributed by atoms with Crippen LogP contribution in [0.1, 0.15) is 159 Å². The number of rotatable bonds is 29. The second-order valence-electron chi connectivity index (χ2n) is 34.8. The van der Waals surface area contributed by atoms with E-state index in [4.69, 9.17) is 34.6 Å². The van der Waals surface area contributed by atoms with Gasteiger partial charge >= 0.3 is 29.8 Å². The Morgan fingerprint density at radius 1 is 0.316 bits per heavy atom. The molecule has 0 radical (unpaired) electrons. The van der Waals surface area contributed by atoms with Crippen LogP contribution in [0.4, 0.5) is 28.4 Å². The Kier molecular flexibility index (Phi) is 35.0. The number of aryl methyl sites for hydroxylation is 5. The monoisotopic (exact) mass is 1820 g/mol. The molecule has 0 aliphatic carbocycles. The highest BCUT2D eigenvalue weighted by Crippen LogP contribution is 2.37. The Hall–Kier alpha value is -13.0. The van der Waals surface area contributed by atoms with Gasteiger partial charge in [-0.1, -0.05) is 95.3 Å². The summed E-state index contributed by atoms with van der Waals surface area (Å²) in [6, 6.07) is 50.5. The fourth-order valence-corrected chi connectivity index (χ4v) is 18.3. The number of hydrogen-bond donors (Lipinski definition) is 10. The van der Waals surface area contributed by atoms with Crippen molar-refractivity contribution in [2.24, 2.45) is 0 Å². The molecule has 5 saturated heterocycles. The second kappa shape index (κ2) is 46.4. The Balaban J connectivity index is 0.000000160. The van der Waals surface area contributed by atoms with E-state index in [1.807, 2.05) is 120 Å². The Morgan fingerprint density at radius 2 is 0.541 bits per heavy atom. The van der Waals surface area contributed by atoms with Gasteiger partial charge in [0.2, 0.25) is 0 Å². The Morgan fingerprint density at radius 3 is 0.752 bits per heavy atom. The molecule has 133 heavy (non-hydrogen) atoms. The average Bonchev–Trinajstić information content (AvgIpc) is 1.78. The van der Waals surface area contributed by atoms with Crippen molar-refractivity contribution in [1.29, 1.82) is 0 Å². The summed E-state index contributed by atoms with van der Waals surface area (Å²) in [6.07, 6.45) is 11.0. The van der Waals surface area contributed by atoms with Gasteiger partial charge in [-0.15, -0.1) is 0 Å². The zero-order chi connectivity index (χ0) is 96.2. The molecule has 1 unspecified atom stereocenters. The first-order valence-corrected chi connectivity index (χ1v) is 45.5. The number of anilines is 5. The third kappa shape index (κ3) is 24.5. The molecule has 10 N–H and O–H groups in total. The van der Waals surface area contributed by atoms with Gasteiger partial charge in [-0.3, -0.25) is 24.0 Å². The van der Waals surface area contributed by atoms with E-state index < -0.39 is 57.6 Å². The summed E-state index contributed by atoms with van der Waals surface area (Å²) < 4.78 is 16.1. The third-order valence-electron chi connectivity index (χ3n) is 25.9. The number of aromatic amines is 5. The van der Waals surface area contributed by atoms with Crippen molar-refractivity contribution >= 4 is 58.3 Å². The maximum absolute atomic E-state index is 12.2. The minimum absolute atomic E-state index is 0.214. The maximum Gasteiger partial charge on any atom is 0.341 e. The summed E-state index contributed by atoms with van der Waals surface area (Å²) in [7, 11) is 17.8. The van der Waals surface area contributed by atoms with Crippen molar-refractivity contribution in [2.45, 2.75) is 148 Å². The maximum atomic E-state index is 12.2. The van der Waals surface area contributed by atoms with Crippen LogP contribution < -0.4 is 52.3 Å². The van der Waals surface area contributed by atoms with Crippen LogP contribution >= 0.6 is 0 Å². The van der Waals surface area contributed by atoms with Crippen LogP contribution in [0.2, 0.25) is 0 Å². The zero-order valence-electron chi connectivity index (χ0n) is 78.6. The van der Waals surface area contributed by atoms with E-state index in [1.54, 1.807) is 21.3 Å². The number of aromatic carboxylic acids is 5. The predicted octanol–water partition coefficient (Wildman–Crippen LogP) is 13.2. The van der Waals surface area contributed by atoms with Crippen molar-refractivity contribution in [2.75, 3.05) is 154 Å². The predicted molar refractivity (Wildman–Crippen MR) is 522 cm³/mol. The van der Waals surface area contributed by atoms with Gasteiger partial charge in [0, 0.05) is 114 Å². The summed E-state index contributed by atoms with van der Waals surface area (Å²) in [5, 5.41) is 45.7. The fraction of sp³-hybridized carbons (Fsp3) is 0.412. The van der Waals surface area contributed by atoms with E-state index in [-0.39, 0.29) is 27.8 Å². The first-order chi connectivity index (χ1) is 63.7. The van der Waals surface area contributed by atoms with E-state index in [1.165, 1.54) is 47.4 Å². The number of methoxy groups -OCH3 is 3. The standard InChI is InChI=1S/C22H28N2O5.3C20H25N3O3.C20H24N2O4/c1-4-14-11-19(22(26)27)21(25)23-20(14)15-5-7-16(8-6-15)24-17(12-28-2)9-10-18(24)13-29-3;3*1-4-13-11-17(20(25)26)19(24)21-18(13)14-5-7-15(8-6-14)23-10-9-16(12-23)22(2)3;1-3-13-11-17(20(24)25)19(23)21-18(13)14-6-8-15(9-7-14)22-10-4-5-16(22)12-26-2/h5-8,11,17-18H,4,9-10,12-13H2,1-3H3,(H,23,25)(H,26,27);3*5-8,11,16H,4,9-10,12H2,1-3H3,(H,21,24)(H,25,26);6-9,11,16H,3-5,10,12H2,1-2H3,(H,21,23)(H,24,25)/t17-,18-;2*16-;;16-/m010.1/s1. The van der Waals surface area contributed by atoms with Crippen LogP contribution in [-0.2, 0) is 46.3 Å². The molecule has 10 heterocycles. The molecule has 0 spiro atoms. The summed E-state index contributed by atoms with van der Waals surface area (Å²) in [6.45, 7) is 18.9. The zero-order valence-corrected chi connectivity index (χ0v) is 78.6. The quantitative estimate of drug-likeness (QED) is 0.0208. The highest BCUT2D eigenvalue weighted by molar-refractivity contribution is 5.91. The SMILES string of the molecule is CCc1cc(C(=O)O)c(=O)[nH]c1-c1ccc(N2CCC(N(C)C)C2)cc1.CCc1cc(C(=O)O)c(=O)[nH]c1-c1ccc(N2CCC[C@@H]2COC)cc1.CCc1cc(C(=O)O)c(=O)[nH]c1-c1ccc(N2CC[C@@H](N(C)C)C2)cc1.CCc1cc(C(=O)O)c(=O)[nH]c1-c1ccc(N2CC[C@H](N(C)C)C2)cc1.CCc1cc(C(=O)O)c(=O)[nH]c1-c1ccc(N2[C@H](COC)CC[C@H]2COC)cc1. The first kappa shape index (κ1) is 101. The van der Waals surface area contributed by atoms with Crippen molar-refractivity contribution in [3.05, 3.63) is 259 Å². The number of pyridine rings is 5. The molecule has 0 amide bonds. The molecule has 5 aliphatic heterocycles. The lowest BCUT2D eigenvalue weighted by atomic mass is 10.0. The molecule has 0 bridgehead atoms. The first-order valence-electron chi connectivity index (χ1n) is 45.5. The number of H-pyrrole nitrogens is 5. The van der Waals surface area contributed by atoms with Gasteiger partial charge < -0.3 is 104 Å². The number of carboxylic acid groups (broad SMARTS) is 5. The van der Waals surface area contributed by atoms with Gasteiger partial charge in [-0.05, 0) is 266 Å². The minimum atomic E-state index is -1.22. The van der Waals surface area contributed by atoms with Gasteiger partial charge in [0.05, 0.1) is 66.4 Å². The molecule has 708 valence electrons. The smallest absolute Gasteiger partial charge is 0.341 e.